The number of hydrogen-bond acceptors (Lipinski definition) is 5. The first kappa shape index (κ1) is 13.7. The molecule has 0 bridgehead atoms. The molecule has 104 valence electrons. The zero-order valence-corrected chi connectivity index (χ0v) is 12.3. The van der Waals surface area contributed by atoms with E-state index in [0.29, 0.717) is 16.5 Å². The second-order valence-electron chi connectivity index (χ2n) is 4.24. The topological polar surface area (TPSA) is 52.6 Å². The molecule has 20 heavy (non-hydrogen) atoms. The van der Waals surface area contributed by atoms with Crippen LogP contribution >= 0.6 is 34.5 Å². The molecule has 0 N–H and O–H groups in total. The summed E-state index contributed by atoms with van der Waals surface area (Å²) in [6.07, 6.45) is -0.466. The second-order valence-corrected chi connectivity index (χ2v) is 6.10. The third-order valence-electron chi connectivity index (χ3n) is 2.91. The number of rotatable bonds is 2. The number of thiophene rings is 1. The van der Waals surface area contributed by atoms with E-state index in [9.17, 15) is 9.59 Å². The lowest BCUT2D eigenvalue weighted by molar-refractivity contribution is -0.145. The van der Waals surface area contributed by atoms with Gasteiger partial charge in [0.05, 0.1) is 11.6 Å². The number of carbonyl (C=O) groups excluding carboxylic acids is 2. The van der Waals surface area contributed by atoms with E-state index in [-0.39, 0.29) is 11.5 Å². The summed E-state index contributed by atoms with van der Waals surface area (Å²) in [6.45, 7) is 0.270. The third-order valence-corrected chi connectivity index (χ3v) is 4.79. The zero-order chi connectivity index (χ0) is 14.3. The van der Waals surface area contributed by atoms with Gasteiger partial charge in [0.15, 0.2) is 0 Å². The summed E-state index contributed by atoms with van der Waals surface area (Å²) in [5, 5.41) is 1.62. The normalized spacial score (nSPS) is 18.3. The van der Waals surface area contributed by atoms with Crippen LogP contribution < -0.4 is 0 Å². The van der Waals surface area contributed by atoms with Gasteiger partial charge in [-0.25, -0.2) is 9.59 Å². The van der Waals surface area contributed by atoms with Crippen molar-refractivity contribution in [3.63, 3.8) is 0 Å². The molecule has 2 heterocycles. The Labute approximate surface area is 128 Å². The summed E-state index contributed by atoms with van der Waals surface area (Å²) in [7, 11) is 0. The minimum atomic E-state index is -0.840. The molecule has 0 radical (unpaired) electrons. The molecule has 1 aliphatic heterocycles. The molecule has 0 aliphatic carbocycles. The van der Waals surface area contributed by atoms with Crippen LogP contribution in [-0.4, -0.2) is 24.6 Å². The quantitative estimate of drug-likeness (QED) is 0.788. The number of esters is 2. The van der Waals surface area contributed by atoms with Gasteiger partial charge < -0.3 is 9.47 Å². The Kier molecular flexibility index (Phi) is 3.58. The van der Waals surface area contributed by atoms with Gasteiger partial charge in [-0.2, -0.15) is 0 Å². The number of ether oxygens (including phenoxy) is 2. The molecule has 1 fully saturated rings. The predicted octanol–water partition coefficient (Wildman–Crippen LogP) is 3.68. The molecule has 4 nitrogen and oxygen atoms in total. The maximum Gasteiger partial charge on any atom is 0.350 e. The van der Waals surface area contributed by atoms with Crippen molar-refractivity contribution in [2.45, 2.75) is 12.5 Å². The lowest BCUT2D eigenvalue weighted by Crippen LogP contribution is -2.22. The molecule has 1 unspecified atom stereocenters. The Morgan fingerprint density at radius 2 is 2.20 bits per heavy atom. The highest BCUT2D eigenvalue weighted by molar-refractivity contribution is 7.21. The number of cyclic esters (lactones) is 1. The van der Waals surface area contributed by atoms with Gasteiger partial charge in [0.25, 0.3) is 0 Å². The van der Waals surface area contributed by atoms with E-state index in [2.05, 4.69) is 0 Å². The maximum atomic E-state index is 12.1. The predicted molar refractivity (Wildman–Crippen MR) is 76.6 cm³/mol. The van der Waals surface area contributed by atoms with Crippen LogP contribution in [0.3, 0.4) is 0 Å². The van der Waals surface area contributed by atoms with Crippen molar-refractivity contribution in [3.8, 4) is 0 Å². The molecule has 2 aromatic rings. The van der Waals surface area contributed by atoms with E-state index in [1.54, 1.807) is 18.2 Å². The summed E-state index contributed by atoms with van der Waals surface area (Å²) >= 11 is 13.3. The van der Waals surface area contributed by atoms with Crippen LogP contribution in [0, 0.1) is 0 Å². The van der Waals surface area contributed by atoms with Gasteiger partial charge in [0.2, 0.25) is 6.10 Å². The van der Waals surface area contributed by atoms with Gasteiger partial charge in [-0.15, -0.1) is 11.3 Å². The van der Waals surface area contributed by atoms with Crippen molar-refractivity contribution in [3.05, 3.63) is 33.1 Å². The third kappa shape index (κ3) is 2.37. The molecule has 1 atom stereocenters. The number of halogens is 2. The highest BCUT2D eigenvalue weighted by Gasteiger charge is 2.31. The Balaban J connectivity index is 1.91. The van der Waals surface area contributed by atoms with Crippen LogP contribution in [0.2, 0.25) is 10.0 Å². The van der Waals surface area contributed by atoms with Crippen molar-refractivity contribution in [1.29, 1.82) is 0 Å². The summed E-state index contributed by atoms with van der Waals surface area (Å²) in [6, 6.07) is 5.18. The molecule has 1 aliphatic rings. The van der Waals surface area contributed by atoms with Crippen LogP contribution in [0.25, 0.3) is 10.1 Å². The van der Waals surface area contributed by atoms with Crippen LogP contribution in [0.5, 0.6) is 0 Å². The van der Waals surface area contributed by atoms with Gasteiger partial charge in [-0.1, -0.05) is 29.3 Å². The van der Waals surface area contributed by atoms with Crippen LogP contribution in [0.4, 0.5) is 0 Å². The van der Waals surface area contributed by atoms with E-state index >= 15 is 0 Å². The molecule has 3 rings (SSSR count). The average molecular weight is 331 g/mol. The first-order chi connectivity index (χ1) is 9.56. The Hall–Kier alpha value is -1.30. The first-order valence-electron chi connectivity index (χ1n) is 5.81. The fourth-order valence-electron chi connectivity index (χ4n) is 1.94. The van der Waals surface area contributed by atoms with Gasteiger partial charge in [-0.05, 0) is 12.1 Å². The fourth-order valence-corrected chi connectivity index (χ4v) is 3.60. The molecule has 1 saturated heterocycles. The Morgan fingerprint density at radius 1 is 1.40 bits per heavy atom. The van der Waals surface area contributed by atoms with E-state index in [1.807, 2.05) is 0 Å². The molecule has 7 heteroatoms. The Morgan fingerprint density at radius 3 is 2.90 bits per heavy atom. The highest BCUT2D eigenvalue weighted by Crippen LogP contribution is 2.37. The lowest BCUT2D eigenvalue weighted by Gasteiger charge is -2.06. The smallest absolute Gasteiger partial charge is 0.350 e. The summed E-state index contributed by atoms with van der Waals surface area (Å²) in [5.41, 5.74) is 0. The largest absolute Gasteiger partial charge is 0.463 e. The molecule has 0 amide bonds. The van der Waals surface area contributed by atoms with Crippen LogP contribution in [0.15, 0.2) is 18.2 Å². The second kappa shape index (κ2) is 5.24. The molecule has 0 spiro atoms. The minimum Gasteiger partial charge on any atom is -0.463 e. The first-order valence-corrected chi connectivity index (χ1v) is 7.38. The highest BCUT2D eigenvalue weighted by atomic mass is 35.5. The molecule has 1 aromatic carbocycles. The number of hydrogen-bond donors (Lipinski definition) is 0. The zero-order valence-electron chi connectivity index (χ0n) is 10.0. The van der Waals surface area contributed by atoms with E-state index in [1.165, 1.54) is 11.3 Å². The van der Waals surface area contributed by atoms with Gasteiger partial charge in [0.1, 0.15) is 4.88 Å². The number of carbonyl (C=O) groups is 2. The van der Waals surface area contributed by atoms with Crippen molar-refractivity contribution in [2.24, 2.45) is 0 Å². The van der Waals surface area contributed by atoms with Gasteiger partial charge >= 0.3 is 11.9 Å². The summed E-state index contributed by atoms with van der Waals surface area (Å²) in [4.78, 5) is 23.6. The molecular weight excluding hydrogens is 323 g/mol. The van der Waals surface area contributed by atoms with E-state index in [4.69, 9.17) is 32.7 Å². The van der Waals surface area contributed by atoms with E-state index < -0.39 is 18.0 Å². The van der Waals surface area contributed by atoms with Crippen LogP contribution in [0.1, 0.15) is 16.1 Å². The lowest BCUT2D eigenvalue weighted by atomic mass is 10.2. The Bertz CT molecular complexity index is 710. The SMILES string of the molecule is O=C(OC1CCOC1=O)c1sc2cc(Cl)ccc2c1Cl. The van der Waals surface area contributed by atoms with Crippen LogP contribution in [-0.2, 0) is 14.3 Å². The maximum absolute atomic E-state index is 12.1. The van der Waals surface area contributed by atoms with Crippen molar-refractivity contribution < 1.29 is 19.1 Å². The molecule has 1 aromatic heterocycles. The van der Waals surface area contributed by atoms with Gasteiger partial charge in [0, 0.05) is 21.5 Å². The van der Waals surface area contributed by atoms with E-state index in [0.717, 1.165) is 10.1 Å². The standard InChI is InChI=1S/C13H8Cl2O4S/c14-6-1-2-7-9(5-6)20-11(10(7)15)13(17)19-8-3-4-18-12(8)16/h1-2,5,8H,3-4H2. The monoisotopic (exact) mass is 330 g/mol. The molecular formula is C13H8Cl2O4S. The number of fused-ring (bicyclic) bond motifs is 1. The minimum absolute atomic E-state index is 0.267. The van der Waals surface area contributed by atoms with Crippen molar-refractivity contribution in [1.82, 2.24) is 0 Å². The summed E-state index contributed by atoms with van der Waals surface area (Å²) in [5.74, 6) is -1.13. The number of benzene rings is 1. The van der Waals surface area contributed by atoms with Gasteiger partial charge in [-0.3, -0.25) is 0 Å². The molecule has 0 saturated carbocycles. The summed E-state index contributed by atoms with van der Waals surface area (Å²) < 4.78 is 10.7. The van der Waals surface area contributed by atoms with Crippen molar-refractivity contribution in [2.75, 3.05) is 6.61 Å². The fraction of sp³-hybridized carbons (Fsp3) is 0.231. The average Bonchev–Trinajstić information content (AvgIpc) is 2.94. The van der Waals surface area contributed by atoms with Crippen molar-refractivity contribution >= 4 is 56.6 Å².